The van der Waals surface area contributed by atoms with Crippen molar-refractivity contribution in [2.45, 2.75) is 44.2 Å². The summed E-state index contributed by atoms with van der Waals surface area (Å²) in [4.78, 5) is 27.5. The molecule has 0 bridgehead atoms. The highest BCUT2D eigenvalue weighted by molar-refractivity contribution is 5.90. The number of hydrogen-bond acceptors (Lipinski definition) is 5. The van der Waals surface area contributed by atoms with Gasteiger partial charge in [0.25, 0.3) is 0 Å². The minimum absolute atomic E-state index is 0.0246. The van der Waals surface area contributed by atoms with Crippen molar-refractivity contribution < 1.29 is 23.8 Å². The molecule has 1 N–H and O–H groups in total. The van der Waals surface area contributed by atoms with E-state index in [9.17, 15) is 9.59 Å². The first-order valence-corrected chi connectivity index (χ1v) is 9.89. The second kappa shape index (κ2) is 9.28. The van der Waals surface area contributed by atoms with Gasteiger partial charge >= 0.3 is 0 Å². The first kappa shape index (κ1) is 20.5. The third kappa shape index (κ3) is 4.24. The molecule has 2 aliphatic rings. The van der Waals surface area contributed by atoms with Crippen molar-refractivity contribution in [1.29, 1.82) is 0 Å². The van der Waals surface area contributed by atoms with Crippen molar-refractivity contribution in [3.05, 3.63) is 23.8 Å². The molecule has 1 aromatic rings. The van der Waals surface area contributed by atoms with E-state index in [1.807, 2.05) is 18.2 Å². The van der Waals surface area contributed by atoms with Crippen LogP contribution in [0.4, 0.5) is 0 Å². The van der Waals surface area contributed by atoms with E-state index in [1.54, 1.807) is 26.2 Å². The predicted octanol–water partition coefficient (Wildman–Crippen LogP) is 2.30. The molecule has 1 aromatic carbocycles. The van der Waals surface area contributed by atoms with Crippen molar-refractivity contribution in [1.82, 2.24) is 10.2 Å². The maximum atomic E-state index is 13.1. The second-order valence-corrected chi connectivity index (χ2v) is 7.44. The molecule has 28 heavy (non-hydrogen) atoms. The van der Waals surface area contributed by atoms with E-state index in [1.165, 1.54) is 0 Å². The number of amides is 2. The Morgan fingerprint density at radius 1 is 1.14 bits per heavy atom. The van der Waals surface area contributed by atoms with Gasteiger partial charge in [-0.2, -0.15) is 0 Å². The molecule has 1 saturated carbocycles. The minimum atomic E-state index is -0.428. The van der Waals surface area contributed by atoms with Gasteiger partial charge in [0.15, 0.2) is 11.5 Å². The summed E-state index contributed by atoms with van der Waals surface area (Å²) in [7, 11) is 4.77. The van der Waals surface area contributed by atoms with Gasteiger partial charge in [-0.25, -0.2) is 0 Å². The summed E-state index contributed by atoms with van der Waals surface area (Å²) in [5.41, 5.74) is 0.867. The monoisotopic (exact) mass is 390 g/mol. The summed E-state index contributed by atoms with van der Waals surface area (Å²) in [5, 5.41) is 3.16. The fraction of sp³-hybridized carbons (Fsp3) is 0.619. The van der Waals surface area contributed by atoms with Crippen LogP contribution in [-0.2, 0) is 14.3 Å². The van der Waals surface area contributed by atoms with E-state index in [4.69, 9.17) is 14.2 Å². The van der Waals surface area contributed by atoms with Crippen LogP contribution < -0.4 is 14.8 Å². The topological polar surface area (TPSA) is 77.1 Å². The normalized spacial score (nSPS) is 22.5. The van der Waals surface area contributed by atoms with Crippen LogP contribution in [0.1, 0.15) is 43.7 Å². The molecule has 7 nitrogen and oxygen atoms in total. The average molecular weight is 390 g/mol. The smallest absolute Gasteiger partial charge is 0.226 e. The zero-order chi connectivity index (χ0) is 20.1. The number of ether oxygens (including phenoxy) is 3. The number of hydrogen-bond donors (Lipinski definition) is 1. The van der Waals surface area contributed by atoms with Gasteiger partial charge in [0.05, 0.1) is 32.8 Å². The van der Waals surface area contributed by atoms with Crippen molar-refractivity contribution in [3.8, 4) is 11.5 Å². The zero-order valence-corrected chi connectivity index (χ0v) is 16.9. The van der Waals surface area contributed by atoms with Crippen LogP contribution in [0.15, 0.2) is 18.2 Å². The lowest BCUT2D eigenvalue weighted by molar-refractivity contribution is -0.129. The predicted molar refractivity (Wildman–Crippen MR) is 104 cm³/mol. The molecule has 0 radical (unpaired) electrons. The van der Waals surface area contributed by atoms with Crippen molar-refractivity contribution >= 4 is 11.8 Å². The molecular weight excluding hydrogens is 360 g/mol. The van der Waals surface area contributed by atoms with Gasteiger partial charge in [0, 0.05) is 26.1 Å². The molecule has 1 aliphatic carbocycles. The number of nitrogens with one attached hydrogen (secondary N) is 1. The van der Waals surface area contributed by atoms with Crippen LogP contribution in [0, 0.1) is 5.92 Å². The highest BCUT2D eigenvalue weighted by Crippen LogP contribution is 2.41. The van der Waals surface area contributed by atoms with Crippen LogP contribution in [0.5, 0.6) is 11.5 Å². The average Bonchev–Trinajstić information content (AvgIpc) is 3.33. The highest BCUT2D eigenvalue weighted by Gasteiger charge is 2.45. The number of nitrogens with zero attached hydrogens (tertiary/aromatic N) is 1. The Hall–Kier alpha value is -2.28. The summed E-state index contributed by atoms with van der Waals surface area (Å²) >= 11 is 0. The number of likely N-dealkylation sites (tertiary alicyclic amines) is 1. The van der Waals surface area contributed by atoms with Crippen molar-refractivity contribution in [2.75, 3.05) is 34.5 Å². The number of benzene rings is 1. The largest absolute Gasteiger partial charge is 0.493 e. The first-order chi connectivity index (χ1) is 13.6. The summed E-state index contributed by atoms with van der Waals surface area (Å²) in [6.45, 7) is 0.869. The number of carbonyl (C=O) groups is 2. The van der Waals surface area contributed by atoms with Crippen LogP contribution in [-0.4, -0.2) is 57.2 Å². The Labute approximate surface area is 166 Å². The van der Waals surface area contributed by atoms with Gasteiger partial charge in [-0.1, -0.05) is 18.9 Å². The highest BCUT2D eigenvalue weighted by atomic mass is 16.5. The Morgan fingerprint density at radius 2 is 1.86 bits per heavy atom. The molecule has 1 saturated heterocycles. The molecule has 2 atom stereocenters. The Balaban J connectivity index is 1.89. The SMILES string of the molecule is COCCN1C(=O)C[C@@H](C(=O)NC2CCCC2)[C@@H]1c1ccc(OC)c(OC)c1. The van der Waals surface area contributed by atoms with Gasteiger partial charge in [-0.3, -0.25) is 9.59 Å². The van der Waals surface area contributed by atoms with Crippen LogP contribution in [0.2, 0.25) is 0 Å². The Bertz CT molecular complexity index is 702. The Morgan fingerprint density at radius 3 is 2.50 bits per heavy atom. The maximum absolute atomic E-state index is 13.1. The lowest BCUT2D eigenvalue weighted by Gasteiger charge is -2.29. The molecule has 1 heterocycles. The summed E-state index contributed by atoms with van der Waals surface area (Å²) in [5.74, 6) is 0.707. The molecule has 2 fully saturated rings. The Kier molecular flexibility index (Phi) is 6.78. The third-order valence-corrected chi connectivity index (χ3v) is 5.76. The molecule has 1 aliphatic heterocycles. The standard InChI is InChI=1S/C21H30N2O5/c1-26-11-10-23-19(24)13-16(21(25)22-15-6-4-5-7-15)20(23)14-8-9-17(27-2)18(12-14)28-3/h8-9,12,15-16,20H,4-7,10-11,13H2,1-3H3,(H,22,25)/t16-,20+/m1/s1. The van der Waals surface area contributed by atoms with Gasteiger partial charge in [0.2, 0.25) is 11.8 Å². The lowest BCUT2D eigenvalue weighted by atomic mass is 9.92. The van der Waals surface area contributed by atoms with Gasteiger partial charge < -0.3 is 24.4 Å². The molecule has 7 heteroatoms. The molecule has 3 rings (SSSR count). The molecule has 0 aromatic heterocycles. The van der Waals surface area contributed by atoms with Gasteiger partial charge in [-0.05, 0) is 30.5 Å². The fourth-order valence-corrected chi connectivity index (χ4v) is 4.31. The van der Waals surface area contributed by atoms with Gasteiger partial charge in [-0.15, -0.1) is 0 Å². The summed E-state index contributed by atoms with van der Waals surface area (Å²) in [6.07, 6.45) is 4.53. The van der Waals surface area contributed by atoms with Crippen molar-refractivity contribution in [3.63, 3.8) is 0 Å². The van der Waals surface area contributed by atoms with E-state index in [-0.39, 0.29) is 30.3 Å². The third-order valence-electron chi connectivity index (χ3n) is 5.76. The van der Waals surface area contributed by atoms with Gasteiger partial charge in [0.1, 0.15) is 0 Å². The zero-order valence-electron chi connectivity index (χ0n) is 16.9. The fourth-order valence-electron chi connectivity index (χ4n) is 4.31. The number of rotatable bonds is 8. The number of methoxy groups -OCH3 is 3. The molecule has 0 unspecified atom stereocenters. The second-order valence-electron chi connectivity index (χ2n) is 7.44. The van der Waals surface area contributed by atoms with E-state index < -0.39 is 5.92 Å². The lowest BCUT2D eigenvalue weighted by Crippen LogP contribution is -2.40. The van der Waals surface area contributed by atoms with Crippen LogP contribution >= 0.6 is 0 Å². The van der Waals surface area contributed by atoms with E-state index in [2.05, 4.69) is 5.32 Å². The molecule has 0 spiro atoms. The molecule has 154 valence electrons. The summed E-state index contributed by atoms with van der Waals surface area (Å²) in [6, 6.07) is 5.46. The van der Waals surface area contributed by atoms with Crippen molar-refractivity contribution in [2.24, 2.45) is 5.92 Å². The first-order valence-electron chi connectivity index (χ1n) is 9.89. The molecular formula is C21H30N2O5. The van der Waals surface area contributed by atoms with E-state index >= 15 is 0 Å². The molecule has 2 amide bonds. The van der Waals surface area contributed by atoms with Crippen LogP contribution in [0.3, 0.4) is 0 Å². The quantitative estimate of drug-likeness (QED) is 0.737. The summed E-state index contributed by atoms with van der Waals surface area (Å²) < 4.78 is 15.9. The maximum Gasteiger partial charge on any atom is 0.226 e. The minimum Gasteiger partial charge on any atom is -0.493 e. The van der Waals surface area contributed by atoms with Crippen LogP contribution in [0.25, 0.3) is 0 Å². The van der Waals surface area contributed by atoms with E-state index in [0.717, 1.165) is 31.2 Å². The number of carbonyl (C=O) groups excluding carboxylic acids is 2. The van der Waals surface area contributed by atoms with E-state index in [0.29, 0.717) is 24.7 Å².